The Kier molecular flexibility index (Phi) is 23.5. The molecule has 0 fully saturated rings. The van der Waals surface area contributed by atoms with Crippen molar-refractivity contribution in [2.24, 2.45) is 0 Å². The first-order chi connectivity index (χ1) is 29.6. The summed E-state index contributed by atoms with van der Waals surface area (Å²) in [5.41, 5.74) is 6.30. The second-order valence-electron chi connectivity index (χ2n) is 13.5. The molecule has 0 bridgehead atoms. The number of aromatic nitrogens is 3. The number of hydrogen-bond donors (Lipinski definition) is 0. The fourth-order valence-corrected chi connectivity index (χ4v) is 11.4. The third kappa shape index (κ3) is 14.6. The number of fused-ring (bicyclic) bond motifs is 3. The van der Waals surface area contributed by atoms with Gasteiger partial charge in [-0.25, -0.2) is 16.9 Å². The molecule has 0 atom stereocenters. The third-order valence-electron chi connectivity index (χ3n) is 9.48. The monoisotopic (exact) mass is 1010 g/mol. The van der Waals surface area contributed by atoms with Crippen LogP contribution in [-0.4, -0.2) is 20.3 Å². The number of para-hydroxylation sites is 3. The van der Waals surface area contributed by atoms with Crippen molar-refractivity contribution in [3.8, 4) is 0 Å². The number of benzene rings is 7. The molecule has 0 amide bonds. The molecule has 3 heterocycles. The summed E-state index contributed by atoms with van der Waals surface area (Å²) in [6.07, 6.45) is 0. The van der Waals surface area contributed by atoms with Crippen molar-refractivity contribution in [3.05, 3.63) is 258 Å². The first-order valence-electron chi connectivity index (χ1n) is 19.5. The van der Waals surface area contributed by atoms with Gasteiger partial charge in [-0.15, -0.1) is 35.0 Å². The SMILES string of the molecule is ClCCl.[CH2-]c1ccc2ccccc2n1.[CH3-].[CH3-].[Cu+2].[Cu+].c1ccc(P(c2ccccc2)c2ccc3ccccc3n2)cc1.c1ccc([PH+](c2ccccc2)c2ccc3ccccc3n2)cc1. The van der Waals surface area contributed by atoms with Gasteiger partial charge in [0.15, 0.2) is 5.44 Å². The molecule has 0 N–H and O–H groups in total. The zero-order valence-electron chi connectivity index (χ0n) is 35.5. The van der Waals surface area contributed by atoms with E-state index in [0.717, 1.165) is 27.7 Å². The summed E-state index contributed by atoms with van der Waals surface area (Å²) in [6, 6.07) is 80.2. The number of alkyl halides is 2. The Morgan fingerprint density at radius 2 is 0.750 bits per heavy atom. The van der Waals surface area contributed by atoms with E-state index in [1.54, 1.807) is 0 Å². The maximum Gasteiger partial charge on any atom is 2.00 e. The minimum Gasteiger partial charge on any atom is -0.358 e. The van der Waals surface area contributed by atoms with E-state index in [0.29, 0.717) is 0 Å². The molecule has 329 valence electrons. The van der Waals surface area contributed by atoms with Crippen LogP contribution in [0, 0.1) is 21.8 Å². The van der Waals surface area contributed by atoms with Gasteiger partial charge in [0, 0.05) is 24.8 Å². The van der Waals surface area contributed by atoms with E-state index in [1.165, 1.54) is 42.8 Å². The summed E-state index contributed by atoms with van der Waals surface area (Å²) in [5, 5.41) is 9.14. The molecule has 0 aliphatic heterocycles. The molecule has 9 heteroatoms. The van der Waals surface area contributed by atoms with Gasteiger partial charge in [-0.1, -0.05) is 158 Å². The van der Waals surface area contributed by atoms with Gasteiger partial charge in [0.1, 0.15) is 18.5 Å². The zero-order chi connectivity index (χ0) is 41.4. The Hall–Kier alpha value is -4.88. The zero-order valence-corrected chi connectivity index (χ0v) is 40.8. The van der Waals surface area contributed by atoms with E-state index in [9.17, 15) is 0 Å². The van der Waals surface area contributed by atoms with Crippen molar-refractivity contribution in [2.75, 3.05) is 5.34 Å². The quantitative estimate of drug-likeness (QED) is 0.0721. The Morgan fingerprint density at radius 1 is 0.406 bits per heavy atom. The van der Waals surface area contributed by atoms with E-state index in [2.05, 4.69) is 200 Å². The van der Waals surface area contributed by atoms with Crippen LogP contribution in [-0.2, 0) is 34.1 Å². The second kappa shape index (κ2) is 28.1. The van der Waals surface area contributed by atoms with Gasteiger partial charge in [0.2, 0.25) is 0 Å². The van der Waals surface area contributed by atoms with E-state index in [1.807, 2.05) is 42.5 Å². The number of pyridine rings is 3. The van der Waals surface area contributed by atoms with Crippen molar-refractivity contribution in [1.29, 1.82) is 0 Å². The van der Waals surface area contributed by atoms with Gasteiger partial charge < -0.3 is 14.9 Å². The van der Waals surface area contributed by atoms with Crippen molar-refractivity contribution in [1.82, 2.24) is 15.0 Å². The average Bonchev–Trinajstić information content (AvgIpc) is 3.31. The van der Waals surface area contributed by atoms with Crippen molar-refractivity contribution >= 4 is 104 Å². The summed E-state index contributed by atoms with van der Waals surface area (Å²) >= 11 is 9.53. The molecule has 0 saturated heterocycles. The Morgan fingerprint density at radius 3 is 1.20 bits per heavy atom. The molecule has 0 aliphatic rings. The van der Waals surface area contributed by atoms with Gasteiger partial charge in [-0.2, -0.15) is 6.07 Å². The standard InChI is InChI=1S/2C21H16NP.C10H8N.CH2Cl2.2CH3.2Cu/c2*1-3-10-18(11-4-1)23(19-12-5-2-6-13-19)21-16-15-17-9-7-8-14-20(17)22-21;1-8-6-7-9-4-2-3-5-10(9)11-8;2-1-3;;;;/h2*1-16H;2-7H,1H2;1H2;2*1H3;;/q;;-1;;2*-1;+1;+2/p+1. The molecule has 3 nitrogen and oxygen atoms in total. The molecule has 3 aromatic heterocycles. The molecule has 0 aliphatic carbocycles. The van der Waals surface area contributed by atoms with Crippen molar-refractivity contribution in [3.63, 3.8) is 0 Å². The molecule has 64 heavy (non-hydrogen) atoms. The number of hydrogen-bond acceptors (Lipinski definition) is 3. The topological polar surface area (TPSA) is 38.7 Å². The molecule has 7 aromatic carbocycles. The molecule has 0 unspecified atom stereocenters. The second-order valence-corrected chi connectivity index (χ2v) is 18.8. The van der Waals surface area contributed by atoms with Crippen LogP contribution >= 0.6 is 39.0 Å². The van der Waals surface area contributed by atoms with Crippen LogP contribution in [0.25, 0.3) is 32.7 Å². The van der Waals surface area contributed by atoms with Crippen LogP contribution in [0.15, 0.2) is 231 Å². The average molecular weight is 1010 g/mol. The summed E-state index contributed by atoms with van der Waals surface area (Å²) in [6.45, 7) is 3.76. The molecule has 0 spiro atoms. The Bertz CT molecular complexity index is 2620. The molecule has 1 radical (unpaired) electrons. The number of halogens is 2. The number of nitrogens with zero attached hydrogens (tertiary/aromatic N) is 3. The Labute approximate surface area is 413 Å². The van der Waals surface area contributed by atoms with Crippen LogP contribution in [0.2, 0.25) is 0 Å². The van der Waals surface area contributed by atoms with Crippen LogP contribution in [0.5, 0.6) is 0 Å². The normalized spacial score (nSPS) is 9.94. The Balaban J connectivity index is 0.000000252. The van der Waals surface area contributed by atoms with Crippen LogP contribution in [0.1, 0.15) is 5.69 Å². The van der Waals surface area contributed by atoms with Gasteiger partial charge in [-0.05, 0) is 70.6 Å². The van der Waals surface area contributed by atoms with Crippen molar-refractivity contribution < 1.29 is 34.1 Å². The van der Waals surface area contributed by atoms with Gasteiger partial charge in [0.25, 0.3) is 0 Å². The predicted octanol–water partition coefficient (Wildman–Crippen LogP) is 12.5. The third-order valence-corrected chi connectivity index (χ3v) is 14.4. The molecule has 0 saturated carbocycles. The fourth-order valence-electron chi connectivity index (χ4n) is 6.73. The summed E-state index contributed by atoms with van der Waals surface area (Å²) in [5.74, 6) is 0. The van der Waals surface area contributed by atoms with Gasteiger partial charge in [-0.3, -0.25) is 4.98 Å². The summed E-state index contributed by atoms with van der Waals surface area (Å²) < 4.78 is 0. The van der Waals surface area contributed by atoms with Crippen LogP contribution in [0.4, 0.5) is 0 Å². The molecular formula is C55H49Cl2Cu2N3P2+. The summed E-state index contributed by atoms with van der Waals surface area (Å²) in [4.78, 5) is 14.2. The van der Waals surface area contributed by atoms with Gasteiger partial charge in [0.05, 0.1) is 27.3 Å². The first kappa shape index (κ1) is 53.5. The summed E-state index contributed by atoms with van der Waals surface area (Å²) in [7, 11) is -1.71. The maximum absolute atomic E-state index is 4.97. The molecule has 10 aromatic rings. The minimum absolute atomic E-state index is 0. The van der Waals surface area contributed by atoms with Crippen LogP contribution < -0.4 is 32.1 Å². The largest absolute Gasteiger partial charge is 2.00 e. The van der Waals surface area contributed by atoms with E-state index in [4.69, 9.17) is 33.2 Å². The smallest absolute Gasteiger partial charge is 0.358 e. The predicted molar refractivity (Wildman–Crippen MR) is 278 cm³/mol. The first-order valence-corrected chi connectivity index (χ1v) is 23.4. The fraction of sp³-hybridized carbons (Fsp3) is 0.0182. The van der Waals surface area contributed by atoms with Crippen molar-refractivity contribution in [2.45, 2.75) is 0 Å². The van der Waals surface area contributed by atoms with E-state index in [-0.39, 0.29) is 54.3 Å². The van der Waals surface area contributed by atoms with E-state index < -0.39 is 15.8 Å². The molecule has 10 rings (SSSR count). The minimum atomic E-state index is -1.08. The van der Waals surface area contributed by atoms with E-state index >= 15 is 0 Å². The maximum atomic E-state index is 4.97. The molecular weight excluding hydrogens is 963 g/mol. The number of rotatable bonds is 6. The van der Waals surface area contributed by atoms with Gasteiger partial charge >= 0.3 is 34.1 Å². The van der Waals surface area contributed by atoms with Crippen LogP contribution in [0.3, 0.4) is 0 Å².